The predicted octanol–water partition coefficient (Wildman–Crippen LogP) is 2.81. The number of esters is 1. The van der Waals surface area contributed by atoms with Gasteiger partial charge in [-0.1, -0.05) is 25.3 Å². The lowest BCUT2D eigenvalue weighted by Crippen LogP contribution is -2.46. The van der Waals surface area contributed by atoms with Gasteiger partial charge in [0.25, 0.3) is 5.91 Å². The van der Waals surface area contributed by atoms with E-state index in [1.165, 1.54) is 25.7 Å². The van der Waals surface area contributed by atoms with Gasteiger partial charge in [0.1, 0.15) is 0 Å². The molecule has 1 aliphatic carbocycles. The zero-order valence-corrected chi connectivity index (χ0v) is 16.9. The molecule has 0 unspecified atom stereocenters. The second-order valence-corrected chi connectivity index (χ2v) is 6.64. The van der Waals surface area contributed by atoms with Crippen molar-refractivity contribution in [2.75, 3.05) is 20.3 Å². The summed E-state index contributed by atoms with van der Waals surface area (Å²) in [4.78, 5) is 35.3. The average molecular weight is 404 g/mol. The maximum atomic E-state index is 11.8. The van der Waals surface area contributed by atoms with E-state index in [9.17, 15) is 14.4 Å². The number of methoxy groups -OCH3 is 1. The summed E-state index contributed by atoms with van der Waals surface area (Å²) < 4.78 is 15.5. The highest BCUT2D eigenvalue weighted by Crippen LogP contribution is 2.28. The SMILES string of the molecule is CCOc1ccc(C=CC(=O)OCC(=O)NC(=O)NC2CCCCC2)cc1OC. The number of carbonyl (C=O) groups is 3. The van der Waals surface area contributed by atoms with Gasteiger partial charge in [0.2, 0.25) is 0 Å². The smallest absolute Gasteiger partial charge is 0.331 e. The predicted molar refractivity (Wildman–Crippen MR) is 108 cm³/mol. The van der Waals surface area contributed by atoms with Crippen molar-refractivity contribution in [2.24, 2.45) is 0 Å². The molecule has 1 aliphatic rings. The molecule has 29 heavy (non-hydrogen) atoms. The largest absolute Gasteiger partial charge is 0.493 e. The summed E-state index contributed by atoms with van der Waals surface area (Å²) in [7, 11) is 1.53. The minimum atomic E-state index is -0.694. The first-order valence-electron chi connectivity index (χ1n) is 9.77. The van der Waals surface area contributed by atoms with Crippen LogP contribution in [0.3, 0.4) is 0 Å². The van der Waals surface area contributed by atoms with E-state index in [0.717, 1.165) is 25.7 Å². The molecule has 0 bridgehead atoms. The highest BCUT2D eigenvalue weighted by Gasteiger charge is 2.17. The van der Waals surface area contributed by atoms with Crippen molar-refractivity contribution in [3.63, 3.8) is 0 Å². The van der Waals surface area contributed by atoms with E-state index in [1.807, 2.05) is 6.92 Å². The third-order valence-electron chi connectivity index (χ3n) is 4.44. The summed E-state index contributed by atoms with van der Waals surface area (Å²) >= 11 is 0. The van der Waals surface area contributed by atoms with Crippen LogP contribution < -0.4 is 20.1 Å². The summed E-state index contributed by atoms with van der Waals surface area (Å²) in [6.45, 7) is 1.85. The number of hydrogen-bond donors (Lipinski definition) is 2. The van der Waals surface area contributed by atoms with Crippen molar-refractivity contribution in [1.82, 2.24) is 10.6 Å². The molecule has 0 atom stereocenters. The molecule has 0 saturated heterocycles. The highest BCUT2D eigenvalue weighted by molar-refractivity contribution is 5.96. The number of benzene rings is 1. The van der Waals surface area contributed by atoms with Crippen molar-refractivity contribution < 1.29 is 28.6 Å². The van der Waals surface area contributed by atoms with Gasteiger partial charge in [-0.2, -0.15) is 0 Å². The van der Waals surface area contributed by atoms with E-state index in [1.54, 1.807) is 18.2 Å². The molecular formula is C21H28N2O6. The van der Waals surface area contributed by atoms with Gasteiger partial charge in [0.05, 0.1) is 13.7 Å². The lowest BCUT2D eigenvalue weighted by atomic mass is 9.96. The Morgan fingerprint density at radius 1 is 1.14 bits per heavy atom. The van der Waals surface area contributed by atoms with Crippen LogP contribution in [-0.2, 0) is 14.3 Å². The third kappa shape index (κ3) is 7.85. The average Bonchev–Trinajstić information content (AvgIpc) is 2.72. The summed E-state index contributed by atoms with van der Waals surface area (Å²) in [6.07, 6.45) is 7.88. The fourth-order valence-corrected chi connectivity index (χ4v) is 3.04. The highest BCUT2D eigenvalue weighted by atomic mass is 16.5. The van der Waals surface area contributed by atoms with Gasteiger partial charge in [-0.25, -0.2) is 9.59 Å². The van der Waals surface area contributed by atoms with Gasteiger partial charge in [-0.05, 0) is 43.5 Å². The summed E-state index contributed by atoms with van der Waals surface area (Å²) in [5, 5.41) is 4.93. The Bertz CT molecular complexity index is 741. The van der Waals surface area contributed by atoms with Gasteiger partial charge in [-0.15, -0.1) is 0 Å². The topological polar surface area (TPSA) is 103 Å². The molecule has 0 heterocycles. The van der Waals surface area contributed by atoms with Gasteiger partial charge >= 0.3 is 12.0 Å². The molecule has 2 N–H and O–H groups in total. The Kier molecular flexibility index (Phi) is 9.01. The molecule has 1 aromatic rings. The van der Waals surface area contributed by atoms with Gasteiger partial charge in [0, 0.05) is 12.1 Å². The van der Waals surface area contributed by atoms with Crippen LogP contribution in [-0.4, -0.2) is 44.3 Å². The standard InChI is InChI=1S/C21H28N2O6/c1-3-28-17-11-9-15(13-18(17)27-2)10-12-20(25)29-14-19(24)23-21(26)22-16-7-5-4-6-8-16/h9-13,16H,3-8,14H2,1-2H3,(H2,22,23,24,26). The number of amides is 3. The molecule has 0 aromatic heterocycles. The van der Waals surface area contributed by atoms with Crippen molar-refractivity contribution in [2.45, 2.75) is 45.1 Å². The Hall–Kier alpha value is -3.03. The number of ether oxygens (including phenoxy) is 3. The lowest BCUT2D eigenvalue weighted by molar-refractivity contribution is -0.143. The molecule has 1 fully saturated rings. The van der Waals surface area contributed by atoms with Crippen molar-refractivity contribution in [1.29, 1.82) is 0 Å². The van der Waals surface area contributed by atoms with E-state index in [0.29, 0.717) is 23.7 Å². The molecule has 0 aliphatic heterocycles. The van der Waals surface area contributed by atoms with Crippen molar-refractivity contribution >= 4 is 24.0 Å². The van der Waals surface area contributed by atoms with Crippen molar-refractivity contribution in [3.8, 4) is 11.5 Å². The maximum Gasteiger partial charge on any atom is 0.331 e. The molecule has 0 spiro atoms. The molecular weight excluding hydrogens is 376 g/mol. The normalized spacial score (nSPS) is 14.3. The van der Waals surface area contributed by atoms with Crippen LogP contribution in [0.2, 0.25) is 0 Å². The fraction of sp³-hybridized carbons (Fsp3) is 0.476. The van der Waals surface area contributed by atoms with Crippen LogP contribution in [0.15, 0.2) is 24.3 Å². The van der Waals surface area contributed by atoms with Crippen LogP contribution in [0.5, 0.6) is 11.5 Å². The quantitative estimate of drug-likeness (QED) is 0.510. The molecule has 0 radical (unpaired) electrons. The second-order valence-electron chi connectivity index (χ2n) is 6.64. The first kappa shape index (κ1) is 22.3. The zero-order valence-electron chi connectivity index (χ0n) is 16.9. The Morgan fingerprint density at radius 3 is 2.59 bits per heavy atom. The molecule has 2 rings (SSSR count). The van der Waals surface area contributed by atoms with Crippen LogP contribution in [0.4, 0.5) is 4.79 Å². The van der Waals surface area contributed by atoms with Gasteiger partial charge in [-0.3, -0.25) is 10.1 Å². The van der Waals surface area contributed by atoms with Crippen LogP contribution in [0.25, 0.3) is 6.08 Å². The zero-order chi connectivity index (χ0) is 21.1. The summed E-state index contributed by atoms with van der Waals surface area (Å²) in [5.74, 6) is -0.216. The summed E-state index contributed by atoms with van der Waals surface area (Å²) in [5.41, 5.74) is 0.707. The molecule has 8 heteroatoms. The number of nitrogens with one attached hydrogen (secondary N) is 2. The van der Waals surface area contributed by atoms with Gasteiger partial charge < -0.3 is 19.5 Å². The molecule has 8 nitrogen and oxygen atoms in total. The fourth-order valence-electron chi connectivity index (χ4n) is 3.04. The van der Waals surface area contributed by atoms with Crippen LogP contribution >= 0.6 is 0 Å². The monoisotopic (exact) mass is 404 g/mol. The summed E-state index contributed by atoms with van der Waals surface area (Å²) in [6, 6.07) is 4.76. The van der Waals surface area contributed by atoms with E-state index in [-0.39, 0.29) is 6.04 Å². The minimum absolute atomic E-state index is 0.0909. The molecule has 3 amide bonds. The molecule has 158 valence electrons. The van der Waals surface area contributed by atoms with Crippen LogP contribution in [0, 0.1) is 0 Å². The molecule has 1 aromatic carbocycles. The number of carbonyl (C=O) groups excluding carboxylic acids is 3. The maximum absolute atomic E-state index is 11.8. The minimum Gasteiger partial charge on any atom is -0.493 e. The number of hydrogen-bond acceptors (Lipinski definition) is 6. The third-order valence-corrected chi connectivity index (χ3v) is 4.44. The first-order valence-corrected chi connectivity index (χ1v) is 9.77. The van der Waals surface area contributed by atoms with E-state index in [2.05, 4.69) is 10.6 Å². The van der Waals surface area contributed by atoms with Gasteiger partial charge in [0.15, 0.2) is 18.1 Å². The Labute approximate surface area is 170 Å². The van der Waals surface area contributed by atoms with Crippen LogP contribution in [0.1, 0.15) is 44.6 Å². The van der Waals surface area contributed by atoms with Crippen molar-refractivity contribution in [3.05, 3.63) is 29.8 Å². The Balaban J connectivity index is 1.75. The number of rotatable bonds is 8. The number of imide groups is 1. The molecule has 1 saturated carbocycles. The van der Waals surface area contributed by atoms with E-state index in [4.69, 9.17) is 14.2 Å². The second kappa shape index (κ2) is 11.7. The van der Waals surface area contributed by atoms with E-state index >= 15 is 0 Å². The lowest BCUT2D eigenvalue weighted by Gasteiger charge is -2.22. The van der Waals surface area contributed by atoms with E-state index < -0.39 is 24.5 Å². The first-order chi connectivity index (χ1) is 14.0. The Morgan fingerprint density at radius 2 is 1.90 bits per heavy atom. The number of urea groups is 1.